The number of hydrogen-bond donors (Lipinski definition) is 0. The molecule has 1 aromatic heterocycles. The molecule has 6 nitrogen and oxygen atoms in total. The third-order valence-electron chi connectivity index (χ3n) is 5.24. The zero-order valence-corrected chi connectivity index (χ0v) is 19.7. The normalized spacial score (nSPS) is 14.7. The Labute approximate surface area is 195 Å². The average Bonchev–Trinajstić information content (AvgIpc) is 3.20. The van der Waals surface area contributed by atoms with Crippen molar-refractivity contribution in [3.8, 4) is 5.75 Å². The van der Waals surface area contributed by atoms with Crippen molar-refractivity contribution in [3.63, 3.8) is 0 Å². The number of anilines is 1. The zero-order chi connectivity index (χ0) is 22.0. The van der Waals surface area contributed by atoms with Gasteiger partial charge in [0.05, 0.1) is 25.0 Å². The maximum Gasteiger partial charge on any atom is 0.260 e. The smallest absolute Gasteiger partial charge is 0.260 e. The Morgan fingerprint density at radius 3 is 2.61 bits per heavy atom. The summed E-state index contributed by atoms with van der Waals surface area (Å²) in [7, 11) is 1.62. The molecular weight excluding hydrogens is 457 g/mol. The summed E-state index contributed by atoms with van der Waals surface area (Å²) >= 11 is 13.8. The van der Waals surface area contributed by atoms with E-state index in [-0.39, 0.29) is 5.91 Å². The molecule has 0 spiro atoms. The molecule has 31 heavy (non-hydrogen) atoms. The minimum absolute atomic E-state index is 0.187. The molecule has 3 aromatic rings. The highest BCUT2D eigenvalue weighted by molar-refractivity contribution is 7.22. The van der Waals surface area contributed by atoms with Gasteiger partial charge in [-0.15, -0.1) is 0 Å². The molecule has 0 radical (unpaired) electrons. The topological polar surface area (TPSA) is 54.9 Å². The molecule has 1 amide bonds. The molecule has 0 N–H and O–H groups in total. The standard InChI is InChI=1S/C22H23Cl2N3O3S/c1-14-3-4-18(29-2)19-20(14)31-22(25-19)27(6-5-26-7-9-30-10-8-26)21(28)15-11-16(23)13-17(24)12-15/h3-4,11-13H,5-10H2,1-2H3. The molecule has 0 saturated carbocycles. The summed E-state index contributed by atoms with van der Waals surface area (Å²) in [6, 6.07) is 8.79. The quantitative estimate of drug-likeness (QED) is 0.503. The third-order valence-corrected chi connectivity index (χ3v) is 6.89. The summed E-state index contributed by atoms with van der Waals surface area (Å²) in [5.41, 5.74) is 2.28. The van der Waals surface area contributed by atoms with Crippen molar-refractivity contribution in [3.05, 3.63) is 51.5 Å². The van der Waals surface area contributed by atoms with E-state index >= 15 is 0 Å². The summed E-state index contributed by atoms with van der Waals surface area (Å²) < 4.78 is 11.9. The van der Waals surface area contributed by atoms with Crippen LogP contribution in [0.5, 0.6) is 5.75 Å². The number of thiazole rings is 1. The van der Waals surface area contributed by atoms with Crippen LogP contribution >= 0.6 is 34.5 Å². The van der Waals surface area contributed by atoms with Crippen LogP contribution in [0.3, 0.4) is 0 Å². The molecule has 0 unspecified atom stereocenters. The highest BCUT2D eigenvalue weighted by Gasteiger charge is 2.24. The predicted molar refractivity (Wildman–Crippen MR) is 126 cm³/mol. The van der Waals surface area contributed by atoms with Crippen molar-refractivity contribution in [1.82, 2.24) is 9.88 Å². The van der Waals surface area contributed by atoms with Gasteiger partial charge in [0.25, 0.3) is 5.91 Å². The Morgan fingerprint density at radius 1 is 1.23 bits per heavy atom. The first-order chi connectivity index (χ1) is 15.0. The number of amides is 1. The van der Waals surface area contributed by atoms with E-state index < -0.39 is 0 Å². The predicted octanol–water partition coefficient (Wildman–Crippen LogP) is 4.90. The lowest BCUT2D eigenvalue weighted by molar-refractivity contribution is 0.0391. The fourth-order valence-corrected chi connectivity index (χ4v) is 5.16. The average molecular weight is 480 g/mol. The van der Waals surface area contributed by atoms with Gasteiger partial charge in [-0.05, 0) is 36.8 Å². The molecule has 0 atom stereocenters. The van der Waals surface area contributed by atoms with Crippen molar-refractivity contribution in [1.29, 1.82) is 0 Å². The Balaban J connectivity index is 1.71. The van der Waals surface area contributed by atoms with Gasteiger partial charge >= 0.3 is 0 Å². The van der Waals surface area contributed by atoms with E-state index in [2.05, 4.69) is 4.90 Å². The molecule has 0 bridgehead atoms. The fraction of sp³-hybridized carbons (Fsp3) is 0.364. The number of rotatable bonds is 6. The van der Waals surface area contributed by atoms with Crippen LogP contribution in [-0.4, -0.2) is 62.3 Å². The molecule has 1 saturated heterocycles. The molecule has 9 heteroatoms. The van der Waals surface area contributed by atoms with Crippen LogP contribution < -0.4 is 9.64 Å². The molecule has 1 fully saturated rings. The van der Waals surface area contributed by atoms with Gasteiger partial charge in [-0.3, -0.25) is 14.6 Å². The van der Waals surface area contributed by atoms with Gasteiger partial charge in [-0.25, -0.2) is 4.98 Å². The van der Waals surface area contributed by atoms with Crippen LogP contribution in [0, 0.1) is 6.92 Å². The lowest BCUT2D eigenvalue weighted by Gasteiger charge is -2.29. The second-order valence-electron chi connectivity index (χ2n) is 7.33. The highest BCUT2D eigenvalue weighted by atomic mass is 35.5. The summed E-state index contributed by atoms with van der Waals surface area (Å²) in [6.07, 6.45) is 0. The van der Waals surface area contributed by atoms with Gasteiger partial charge in [-0.2, -0.15) is 0 Å². The van der Waals surface area contributed by atoms with Crippen molar-refractivity contribution in [2.45, 2.75) is 6.92 Å². The number of carbonyl (C=O) groups is 1. The molecule has 1 aliphatic heterocycles. The Morgan fingerprint density at radius 2 is 1.94 bits per heavy atom. The van der Waals surface area contributed by atoms with Crippen molar-refractivity contribution < 1.29 is 14.3 Å². The maximum atomic E-state index is 13.5. The van der Waals surface area contributed by atoms with Gasteiger partial charge in [0.2, 0.25) is 0 Å². The minimum atomic E-state index is -0.187. The van der Waals surface area contributed by atoms with E-state index in [9.17, 15) is 4.79 Å². The molecular formula is C22H23Cl2N3O3S. The summed E-state index contributed by atoms with van der Waals surface area (Å²) in [5, 5.41) is 1.47. The lowest BCUT2D eigenvalue weighted by atomic mass is 10.2. The van der Waals surface area contributed by atoms with E-state index in [1.807, 2.05) is 19.1 Å². The second kappa shape index (κ2) is 9.71. The number of fused-ring (bicyclic) bond motifs is 1. The van der Waals surface area contributed by atoms with E-state index in [4.69, 9.17) is 37.7 Å². The molecule has 2 aromatic carbocycles. The Hall–Kier alpha value is -1.90. The summed E-state index contributed by atoms with van der Waals surface area (Å²) in [5.74, 6) is 0.503. The van der Waals surface area contributed by atoms with Crippen LogP contribution in [0.15, 0.2) is 30.3 Å². The Bertz CT molecular complexity index is 1080. The van der Waals surface area contributed by atoms with E-state index in [0.29, 0.717) is 46.2 Å². The number of ether oxygens (including phenoxy) is 2. The molecule has 4 rings (SSSR count). The number of aromatic nitrogens is 1. The zero-order valence-electron chi connectivity index (χ0n) is 17.4. The largest absolute Gasteiger partial charge is 0.494 e. The van der Waals surface area contributed by atoms with Crippen molar-refractivity contribution in [2.75, 3.05) is 51.4 Å². The highest BCUT2D eigenvalue weighted by Crippen LogP contribution is 2.37. The number of halogens is 2. The first-order valence-electron chi connectivity index (χ1n) is 9.98. The fourth-order valence-electron chi connectivity index (χ4n) is 3.56. The van der Waals surface area contributed by atoms with Crippen LogP contribution in [0.25, 0.3) is 10.2 Å². The number of hydrogen-bond acceptors (Lipinski definition) is 6. The Kier molecular flexibility index (Phi) is 6.99. The van der Waals surface area contributed by atoms with Crippen LogP contribution in [0.1, 0.15) is 15.9 Å². The van der Waals surface area contributed by atoms with Crippen molar-refractivity contribution >= 4 is 55.8 Å². The van der Waals surface area contributed by atoms with Gasteiger partial charge < -0.3 is 9.47 Å². The van der Waals surface area contributed by atoms with E-state index in [1.54, 1.807) is 30.2 Å². The SMILES string of the molecule is COc1ccc(C)c2sc(N(CCN3CCOCC3)C(=O)c3cc(Cl)cc(Cl)c3)nc12. The molecule has 0 aliphatic carbocycles. The van der Waals surface area contributed by atoms with Gasteiger partial charge in [0.1, 0.15) is 11.3 Å². The number of carbonyl (C=O) groups excluding carboxylic acids is 1. The first kappa shape index (κ1) is 22.3. The number of methoxy groups -OCH3 is 1. The molecule has 164 valence electrons. The number of benzene rings is 2. The molecule has 1 aliphatic rings. The monoisotopic (exact) mass is 479 g/mol. The van der Waals surface area contributed by atoms with Crippen LogP contribution in [0.2, 0.25) is 10.0 Å². The van der Waals surface area contributed by atoms with Crippen molar-refractivity contribution in [2.24, 2.45) is 0 Å². The third kappa shape index (κ3) is 4.96. The number of morpholine rings is 1. The minimum Gasteiger partial charge on any atom is -0.494 e. The van der Waals surface area contributed by atoms with Gasteiger partial charge in [0.15, 0.2) is 5.13 Å². The summed E-state index contributed by atoms with van der Waals surface area (Å²) in [4.78, 5) is 22.3. The van der Waals surface area contributed by atoms with Crippen LogP contribution in [-0.2, 0) is 4.74 Å². The van der Waals surface area contributed by atoms with Gasteiger partial charge in [0, 0.05) is 41.8 Å². The molecule has 2 heterocycles. The van der Waals surface area contributed by atoms with E-state index in [0.717, 1.165) is 35.4 Å². The first-order valence-corrected chi connectivity index (χ1v) is 11.6. The maximum absolute atomic E-state index is 13.5. The number of aryl methyl sites for hydroxylation is 1. The lowest BCUT2D eigenvalue weighted by Crippen LogP contribution is -2.43. The summed E-state index contributed by atoms with van der Waals surface area (Å²) in [6.45, 7) is 6.33. The number of nitrogens with zero attached hydrogens (tertiary/aromatic N) is 3. The second-order valence-corrected chi connectivity index (χ2v) is 9.18. The van der Waals surface area contributed by atoms with Gasteiger partial charge in [-0.1, -0.05) is 40.6 Å². The van der Waals surface area contributed by atoms with Crippen LogP contribution in [0.4, 0.5) is 5.13 Å². The van der Waals surface area contributed by atoms with E-state index in [1.165, 1.54) is 11.3 Å².